The summed E-state index contributed by atoms with van der Waals surface area (Å²) in [5.41, 5.74) is 0.312. The lowest BCUT2D eigenvalue weighted by molar-refractivity contribution is -0.0425. The molecule has 0 spiro atoms. The lowest BCUT2D eigenvalue weighted by Gasteiger charge is -2.06. The molecule has 0 amide bonds. The molecule has 1 aromatic rings. The Balaban J connectivity index is 3.21. The average Bonchev–Trinajstić information content (AvgIpc) is 1.99. The molecule has 0 unspecified atom stereocenters. The number of phenols is 1. The highest BCUT2D eigenvalue weighted by molar-refractivity contribution is 9.11. The SMILES string of the molecule is Oc1c(Br)cc(C(O)O)cc1Br. The van der Waals surface area contributed by atoms with Crippen LogP contribution in [0.2, 0.25) is 0 Å². The maximum atomic E-state index is 9.26. The Kier molecular flexibility index (Phi) is 3.11. The summed E-state index contributed by atoms with van der Waals surface area (Å²) in [5, 5.41) is 26.8. The fourth-order valence-corrected chi connectivity index (χ4v) is 1.96. The molecular formula is C7H6Br2O3. The van der Waals surface area contributed by atoms with Crippen molar-refractivity contribution >= 4 is 31.9 Å². The van der Waals surface area contributed by atoms with Gasteiger partial charge in [0, 0.05) is 5.56 Å². The van der Waals surface area contributed by atoms with E-state index in [9.17, 15) is 5.11 Å². The van der Waals surface area contributed by atoms with Gasteiger partial charge in [0.2, 0.25) is 0 Å². The summed E-state index contributed by atoms with van der Waals surface area (Å²) >= 11 is 6.13. The molecule has 1 rings (SSSR count). The monoisotopic (exact) mass is 296 g/mol. The second-order valence-corrected chi connectivity index (χ2v) is 3.92. The van der Waals surface area contributed by atoms with E-state index in [0.717, 1.165) is 0 Å². The molecule has 66 valence electrons. The Morgan fingerprint density at radius 3 is 1.83 bits per heavy atom. The summed E-state index contributed by atoms with van der Waals surface area (Å²) < 4.78 is 0.833. The number of aromatic hydroxyl groups is 1. The van der Waals surface area contributed by atoms with Crippen molar-refractivity contribution in [3.05, 3.63) is 26.6 Å². The van der Waals surface area contributed by atoms with Gasteiger partial charge in [-0.25, -0.2) is 0 Å². The molecule has 0 aliphatic rings. The van der Waals surface area contributed by atoms with Crippen LogP contribution < -0.4 is 0 Å². The minimum absolute atomic E-state index is 0.0411. The van der Waals surface area contributed by atoms with Crippen LogP contribution in [0.25, 0.3) is 0 Å². The van der Waals surface area contributed by atoms with Crippen molar-refractivity contribution in [1.82, 2.24) is 0 Å². The predicted molar refractivity (Wildman–Crippen MR) is 50.7 cm³/mol. The summed E-state index contributed by atoms with van der Waals surface area (Å²) in [6.45, 7) is 0. The molecule has 0 heterocycles. The van der Waals surface area contributed by atoms with Crippen molar-refractivity contribution < 1.29 is 15.3 Å². The van der Waals surface area contributed by atoms with Gasteiger partial charge in [-0.05, 0) is 44.0 Å². The van der Waals surface area contributed by atoms with E-state index in [2.05, 4.69) is 31.9 Å². The van der Waals surface area contributed by atoms with Gasteiger partial charge >= 0.3 is 0 Å². The average molecular weight is 298 g/mol. The number of hydrogen-bond acceptors (Lipinski definition) is 3. The van der Waals surface area contributed by atoms with Crippen LogP contribution >= 0.6 is 31.9 Å². The molecule has 3 nitrogen and oxygen atoms in total. The first-order valence-electron chi connectivity index (χ1n) is 3.06. The highest BCUT2D eigenvalue weighted by atomic mass is 79.9. The first-order valence-corrected chi connectivity index (χ1v) is 4.65. The predicted octanol–water partition coefficient (Wildman–Crippen LogP) is 1.90. The van der Waals surface area contributed by atoms with Crippen LogP contribution in [0.5, 0.6) is 5.75 Å². The van der Waals surface area contributed by atoms with Gasteiger partial charge in [0.05, 0.1) is 8.95 Å². The Labute approximate surface area is 85.9 Å². The third kappa shape index (κ3) is 1.98. The molecule has 0 aliphatic carbocycles. The van der Waals surface area contributed by atoms with Crippen LogP contribution in [0.3, 0.4) is 0 Å². The summed E-state index contributed by atoms with van der Waals surface area (Å²) in [5.74, 6) is 0.0411. The van der Waals surface area contributed by atoms with Gasteiger partial charge in [0.25, 0.3) is 0 Å². The Bertz CT molecular complexity index is 276. The van der Waals surface area contributed by atoms with Crippen molar-refractivity contribution in [3.8, 4) is 5.75 Å². The van der Waals surface area contributed by atoms with Crippen LogP contribution in [0.1, 0.15) is 11.9 Å². The zero-order valence-corrected chi connectivity index (χ0v) is 9.00. The molecular weight excluding hydrogens is 292 g/mol. The lowest BCUT2D eigenvalue weighted by Crippen LogP contribution is -1.94. The van der Waals surface area contributed by atoms with Gasteiger partial charge in [-0.15, -0.1) is 0 Å². The molecule has 0 fully saturated rings. The number of aliphatic hydroxyl groups excluding tert-OH is 1. The maximum Gasteiger partial charge on any atom is 0.178 e. The van der Waals surface area contributed by atoms with E-state index in [0.29, 0.717) is 14.5 Å². The van der Waals surface area contributed by atoms with E-state index in [1.54, 1.807) is 0 Å². The van der Waals surface area contributed by atoms with E-state index in [-0.39, 0.29) is 5.75 Å². The molecule has 0 aliphatic heterocycles. The van der Waals surface area contributed by atoms with E-state index < -0.39 is 6.29 Å². The molecule has 3 N–H and O–H groups in total. The largest absolute Gasteiger partial charge is 0.506 e. The number of aliphatic hydroxyl groups is 2. The van der Waals surface area contributed by atoms with E-state index in [1.165, 1.54) is 12.1 Å². The van der Waals surface area contributed by atoms with Crippen LogP contribution in [-0.4, -0.2) is 15.3 Å². The molecule has 0 saturated heterocycles. The lowest BCUT2D eigenvalue weighted by atomic mass is 10.2. The minimum Gasteiger partial charge on any atom is -0.506 e. The quantitative estimate of drug-likeness (QED) is 0.694. The smallest absolute Gasteiger partial charge is 0.178 e. The van der Waals surface area contributed by atoms with E-state index >= 15 is 0 Å². The van der Waals surface area contributed by atoms with Crippen molar-refractivity contribution in [2.24, 2.45) is 0 Å². The number of phenolic OH excluding ortho intramolecular Hbond substituents is 1. The Hall–Kier alpha value is -0.100. The van der Waals surface area contributed by atoms with Crippen LogP contribution in [0.4, 0.5) is 0 Å². The zero-order valence-electron chi connectivity index (χ0n) is 5.83. The Morgan fingerprint density at radius 2 is 1.50 bits per heavy atom. The summed E-state index contributed by atoms with van der Waals surface area (Å²) in [4.78, 5) is 0. The number of rotatable bonds is 1. The van der Waals surface area contributed by atoms with Crippen molar-refractivity contribution in [1.29, 1.82) is 0 Å². The zero-order chi connectivity index (χ0) is 9.30. The molecule has 0 bridgehead atoms. The second-order valence-electron chi connectivity index (χ2n) is 2.21. The van der Waals surface area contributed by atoms with E-state index in [1.807, 2.05) is 0 Å². The maximum absolute atomic E-state index is 9.26. The van der Waals surface area contributed by atoms with Gasteiger partial charge in [-0.3, -0.25) is 0 Å². The fourth-order valence-electron chi connectivity index (χ4n) is 0.734. The summed E-state index contributed by atoms with van der Waals surface area (Å²) in [6.07, 6.45) is -1.53. The third-order valence-corrected chi connectivity index (χ3v) is 2.55. The van der Waals surface area contributed by atoms with Crippen molar-refractivity contribution in [2.75, 3.05) is 0 Å². The standard InChI is InChI=1S/C7H6Br2O3/c8-4-1-3(7(11)12)2-5(9)6(4)10/h1-2,7,10-12H. The van der Waals surface area contributed by atoms with Crippen LogP contribution in [0.15, 0.2) is 21.1 Å². The topological polar surface area (TPSA) is 60.7 Å². The van der Waals surface area contributed by atoms with Crippen LogP contribution in [0, 0.1) is 0 Å². The number of hydrogen-bond donors (Lipinski definition) is 3. The molecule has 5 heteroatoms. The minimum atomic E-state index is -1.53. The van der Waals surface area contributed by atoms with Crippen LogP contribution in [-0.2, 0) is 0 Å². The van der Waals surface area contributed by atoms with E-state index in [4.69, 9.17) is 10.2 Å². The molecule has 0 saturated carbocycles. The van der Waals surface area contributed by atoms with Gasteiger partial charge < -0.3 is 15.3 Å². The third-order valence-electron chi connectivity index (χ3n) is 1.34. The van der Waals surface area contributed by atoms with Crippen molar-refractivity contribution in [3.63, 3.8) is 0 Å². The molecule has 12 heavy (non-hydrogen) atoms. The summed E-state index contributed by atoms with van der Waals surface area (Å²) in [7, 11) is 0. The first-order chi connectivity index (χ1) is 5.52. The number of benzene rings is 1. The molecule has 0 atom stereocenters. The molecule has 0 aromatic heterocycles. The van der Waals surface area contributed by atoms with Crippen molar-refractivity contribution in [2.45, 2.75) is 6.29 Å². The molecule has 1 aromatic carbocycles. The normalized spacial score (nSPS) is 10.8. The Morgan fingerprint density at radius 1 is 1.08 bits per heavy atom. The van der Waals surface area contributed by atoms with Gasteiger partial charge in [0.15, 0.2) is 6.29 Å². The second kappa shape index (κ2) is 3.74. The number of halogens is 2. The van der Waals surface area contributed by atoms with Gasteiger partial charge in [-0.2, -0.15) is 0 Å². The summed E-state index contributed by atoms with van der Waals surface area (Å²) in [6, 6.07) is 2.87. The van der Waals surface area contributed by atoms with Gasteiger partial charge in [0.1, 0.15) is 5.75 Å². The highest BCUT2D eigenvalue weighted by Crippen LogP contribution is 2.34. The van der Waals surface area contributed by atoms with Gasteiger partial charge in [-0.1, -0.05) is 0 Å². The highest BCUT2D eigenvalue weighted by Gasteiger charge is 2.09. The first kappa shape index (κ1) is 9.98. The molecule has 0 radical (unpaired) electrons. The fraction of sp³-hybridized carbons (Fsp3) is 0.143.